The zero-order valence-electron chi connectivity index (χ0n) is 14.5. The van der Waals surface area contributed by atoms with E-state index in [4.69, 9.17) is 0 Å². The van der Waals surface area contributed by atoms with E-state index in [1.165, 1.54) is 17.0 Å². The number of hydrogen-bond acceptors (Lipinski definition) is 2. The van der Waals surface area contributed by atoms with E-state index < -0.39 is 12.7 Å². The Hall–Kier alpha value is -1.14. The van der Waals surface area contributed by atoms with Gasteiger partial charge in [0.1, 0.15) is 5.82 Å². The number of benzene rings is 1. The van der Waals surface area contributed by atoms with Crippen LogP contribution in [0.2, 0.25) is 0 Å². The third kappa shape index (κ3) is 5.74. The van der Waals surface area contributed by atoms with E-state index in [0.717, 1.165) is 5.56 Å². The molecule has 1 saturated heterocycles. The number of nitrogens with zero attached hydrogens (tertiary/aromatic N) is 1. The van der Waals surface area contributed by atoms with E-state index in [0.29, 0.717) is 25.9 Å². The van der Waals surface area contributed by atoms with E-state index >= 15 is 0 Å². The monoisotopic (exact) mass is 346 g/mol. The Labute approximate surface area is 141 Å². The van der Waals surface area contributed by atoms with Gasteiger partial charge in [0.25, 0.3) is 0 Å². The first-order valence-electron chi connectivity index (χ1n) is 8.35. The summed E-state index contributed by atoms with van der Waals surface area (Å²) >= 11 is 0. The van der Waals surface area contributed by atoms with Gasteiger partial charge in [-0.1, -0.05) is 32.9 Å². The van der Waals surface area contributed by atoms with Crippen LogP contribution in [0.3, 0.4) is 0 Å². The molecule has 1 aliphatic rings. The fourth-order valence-corrected chi connectivity index (χ4v) is 3.25. The van der Waals surface area contributed by atoms with Gasteiger partial charge in [0.05, 0.1) is 6.54 Å². The number of rotatable bonds is 4. The summed E-state index contributed by atoms with van der Waals surface area (Å²) in [6.07, 6.45) is -2.77. The molecule has 1 unspecified atom stereocenters. The topological polar surface area (TPSA) is 15.3 Å². The molecule has 1 atom stereocenters. The third-order valence-electron chi connectivity index (χ3n) is 4.46. The van der Waals surface area contributed by atoms with Crippen molar-refractivity contribution < 1.29 is 17.6 Å². The number of likely N-dealkylation sites (tertiary alicyclic amines) is 1. The summed E-state index contributed by atoms with van der Waals surface area (Å²) in [7, 11) is 0. The van der Waals surface area contributed by atoms with Gasteiger partial charge in [-0.25, -0.2) is 4.39 Å². The summed E-state index contributed by atoms with van der Waals surface area (Å²) in [5, 5.41) is 3.58. The van der Waals surface area contributed by atoms with Gasteiger partial charge in [0.2, 0.25) is 0 Å². The van der Waals surface area contributed by atoms with Crippen LogP contribution in [0.1, 0.15) is 45.2 Å². The van der Waals surface area contributed by atoms with Gasteiger partial charge >= 0.3 is 6.18 Å². The second-order valence-corrected chi connectivity index (χ2v) is 7.68. The van der Waals surface area contributed by atoms with Crippen molar-refractivity contribution in [2.45, 2.75) is 51.9 Å². The van der Waals surface area contributed by atoms with Crippen LogP contribution in [0.4, 0.5) is 17.6 Å². The summed E-state index contributed by atoms with van der Waals surface area (Å²) < 4.78 is 50.6. The van der Waals surface area contributed by atoms with Crippen LogP contribution in [-0.4, -0.2) is 36.8 Å². The predicted molar refractivity (Wildman–Crippen MR) is 87.2 cm³/mol. The summed E-state index contributed by atoms with van der Waals surface area (Å²) in [6, 6.07) is 6.64. The van der Waals surface area contributed by atoms with Crippen LogP contribution >= 0.6 is 0 Å². The first-order chi connectivity index (χ1) is 11.0. The number of hydrogen-bond donors (Lipinski definition) is 1. The van der Waals surface area contributed by atoms with Gasteiger partial charge in [-0.3, -0.25) is 4.90 Å². The fourth-order valence-electron chi connectivity index (χ4n) is 3.25. The third-order valence-corrected chi connectivity index (χ3v) is 4.46. The van der Waals surface area contributed by atoms with Crippen LogP contribution in [0.15, 0.2) is 24.3 Å². The van der Waals surface area contributed by atoms with Crippen LogP contribution < -0.4 is 5.32 Å². The Kier molecular flexibility index (Phi) is 5.91. The zero-order chi connectivity index (χ0) is 18.0. The maximum absolute atomic E-state index is 13.2. The van der Waals surface area contributed by atoms with Gasteiger partial charge in [-0.15, -0.1) is 0 Å². The van der Waals surface area contributed by atoms with Crippen molar-refractivity contribution in [3.05, 3.63) is 35.6 Å². The summed E-state index contributed by atoms with van der Waals surface area (Å²) in [5.41, 5.74) is 0.919. The predicted octanol–water partition coefficient (Wildman–Crippen LogP) is 4.53. The molecule has 0 saturated carbocycles. The summed E-state index contributed by atoms with van der Waals surface area (Å²) in [5.74, 6) is -0.271. The minimum Gasteiger partial charge on any atom is -0.307 e. The molecule has 0 bridgehead atoms. The van der Waals surface area contributed by atoms with E-state index in [9.17, 15) is 17.6 Å². The SMILES string of the molecule is CC(C)(C)C(NC1CCN(CC(F)(F)F)CC1)c1ccc(F)cc1. The second-order valence-electron chi connectivity index (χ2n) is 7.68. The molecule has 0 radical (unpaired) electrons. The standard InChI is InChI=1S/C18H26F4N2/c1-17(2,3)16(13-4-6-14(19)7-5-13)23-15-8-10-24(11-9-15)12-18(20,21)22/h4-7,15-16,23H,8-12H2,1-3H3. The Balaban J connectivity index is 1.98. The molecule has 1 N–H and O–H groups in total. The Morgan fingerprint density at radius 2 is 1.62 bits per heavy atom. The molecule has 1 aromatic carbocycles. The van der Waals surface area contributed by atoms with Crippen LogP contribution in [0, 0.1) is 11.2 Å². The largest absolute Gasteiger partial charge is 0.401 e. The average molecular weight is 346 g/mol. The molecule has 2 rings (SSSR count). The molecular weight excluding hydrogens is 320 g/mol. The number of alkyl halides is 3. The van der Waals surface area contributed by atoms with Crippen molar-refractivity contribution in [2.75, 3.05) is 19.6 Å². The zero-order valence-corrected chi connectivity index (χ0v) is 14.5. The van der Waals surface area contributed by atoms with E-state index in [2.05, 4.69) is 26.1 Å². The molecular formula is C18H26F4N2. The fraction of sp³-hybridized carbons (Fsp3) is 0.667. The highest BCUT2D eigenvalue weighted by atomic mass is 19.4. The normalized spacial score (nSPS) is 19.5. The first-order valence-corrected chi connectivity index (χ1v) is 8.35. The average Bonchev–Trinajstić information content (AvgIpc) is 2.45. The van der Waals surface area contributed by atoms with Crippen LogP contribution in [0.25, 0.3) is 0 Å². The van der Waals surface area contributed by atoms with Crippen molar-refractivity contribution >= 4 is 0 Å². The molecule has 1 heterocycles. The molecule has 0 aliphatic carbocycles. The molecule has 0 amide bonds. The van der Waals surface area contributed by atoms with Gasteiger partial charge in [-0.05, 0) is 49.0 Å². The highest BCUT2D eigenvalue weighted by Gasteiger charge is 2.34. The molecule has 136 valence electrons. The van der Waals surface area contributed by atoms with Crippen LogP contribution in [-0.2, 0) is 0 Å². The van der Waals surface area contributed by atoms with Crippen molar-refractivity contribution in [1.82, 2.24) is 10.2 Å². The number of piperidine rings is 1. The first kappa shape index (κ1) is 19.2. The number of nitrogens with one attached hydrogen (secondary N) is 1. The van der Waals surface area contributed by atoms with Gasteiger partial charge in [0, 0.05) is 12.1 Å². The molecule has 6 heteroatoms. The van der Waals surface area contributed by atoms with Crippen LogP contribution in [0.5, 0.6) is 0 Å². The summed E-state index contributed by atoms with van der Waals surface area (Å²) in [4.78, 5) is 1.46. The maximum Gasteiger partial charge on any atom is 0.401 e. The Morgan fingerprint density at radius 1 is 1.08 bits per heavy atom. The molecule has 0 spiro atoms. The lowest BCUT2D eigenvalue weighted by atomic mass is 9.81. The Morgan fingerprint density at radius 3 is 2.08 bits per heavy atom. The molecule has 1 fully saturated rings. The minimum atomic E-state index is -4.14. The highest BCUT2D eigenvalue weighted by molar-refractivity contribution is 5.22. The maximum atomic E-state index is 13.2. The van der Waals surface area contributed by atoms with Crippen molar-refractivity contribution in [1.29, 1.82) is 0 Å². The molecule has 24 heavy (non-hydrogen) atoms. The van der Waals surface area contributed by atoms with Gasteiger partial charge in [0.15, 0.2) is 0 Å². The highest BCUT2D eigenvalue weighted by Crippen LogP contribution is 2.34. The molecule has 1 aromatic rings. The lowest BCUT2D eigenvalue weighted by Crippen LogP contribution is -2.48. The van der Waals surface area contributed by atoms with Crippen molar-refractivity contribution in [2.24, 2.45) is 5.41 Å². The lowest BCUT2D eigenvalue weighted by Gasteiger charge is -2.39. The molecule has 1 aliphatic heterocycles. The van der Waals surface area contributed by atoms with Gasteiger partial charge in [-0.2, -0.15) is 13.2 Å². The van der Waals surface area contributed by atoms with E-state index in [-0.39, 0.29) is 23.3 Å². The lowest BCUT2D eigenvalue weighted by molar-refractivity contribution is -0.148. The molecule has 2 nitrogen and oxygen atoms in total. The molecule has 0 aromatic heterocycles. The van der Waals surface area contributed by atoms with Crippen molar-refractivity contribution in [3.8, 4) is 0 Å². The smallest absolute Gasteiger partial charge is 0.307 e. The minimum absolute atomic E-state index is 0.0252. The number of halogens is 4. The Bertz CT molecular complexity index is 511. The quantitative estimate of drug-likeness (QED) is 0.806. The summed E-state index contributed by atoms with van der Waals surface area (Å²) in [6.45, 7) is 6.36. The van der Waals surface area contributed by atoms with Crippen molar-refractivity contribution in [3.63, 3.8) is 0 Å². The second kappa shape index (κ2) is 7.40. The van der Waals surface area contributed by atoms with E-state index in [1.807, 2.05) is 0 Å². The van der Waals surface area contributed by atoms with E-state index in [1.54, 1.807) is 12.1 Å². The van der Waals surface area contributed by atoms with Gasteiger partial charge < -0.3 is 5.32 Å².